The van der Waals surface area contributed by atoms with Crippen molar-refractivity contribution in [1.82, 2.24) is 10.3 Å². The van der Waals surface area contributed by atoms with Crippen molar-refractivity contribution in [1.29, 1.82) is 0 Å². The third-order valence-electron chi connectivity index (χ3n) is 4.31. The van der Waals surface area contributed by atoms with E-state index < -0.39 is 0 Å². The molecule has 1 aliphatic rings. The first-order chi connectivity index (χ1) is 11.3. The summed E-state index contributed by atoms with van der Waals surface area (Å²) in [6, 6.07) is 12.9. The smallest absolute Gasteiger partial charge is 0.257 e. The maximum atomic E-state index is 5.94. The highest BCUT2D eigenvalue weighted by molar-refractivity contribution is 5.35. The summed E-state index contributed by atoms with van der Waals surface area (Å²) in [6.45, 7) is 5.86. The predicted molar refractivity (Wildman–Crippen MR) is 90.8 cm³/mol. The highest BCUT2D eigenvalue weighted by atomic mass is 16.6. The zero-order chi connectivity index (χ0) is 16.1. The third kappa shape index (κ3) is 3.82. The Morgan fingerprint density at radius 2 is 1.96 bits per heavy atom. The summed E-state index contributed by atoms with van der Waals surface area (Å²) in [6.07, 6.45) is 3.94. The molecule has 0 saturated carbocycles. The zero-order valence-corrected chi connectivity index (χ0v) is 13.8. The van der Waals surface area contributed by atoms with Crippen LogP contribution in [0.5, 0.6) is 11.6 Å². The van der Waals surface area contributed by atoms with Gasteiger partial charge in [0.2, 0.25) is 0 Å². The van der Waals surface area contributed by atoms with Gasteiger partial charge in [-0.05, 0) is 36.1 Å². The number of pyridine rings is 1. The SMILES string of the molecule is CCC(CC)NCc1ccc([C@H]2COc3cccnc3O2)cc1. The second kappa shape index (κ2) is 7.47. The molecule has 1 aromatic heterocycles. The van der Waals surface area contributed by atoms with Crippen molar-refractivity contribution in [2.45, 2.75) is 45.4 Å². The second-order valence-corrected chi connectivity index (χ2v) is 5.86. The molecule has 4 heteroatoms. The number of rotatable bonds is 6. The number of ether oxygens (including phenoxy) is 2. The summed E-state index contributed by atoms with van der Waals surface area (Å²) in [5.41, 5.74) is 2.41. The van der Waals surface area contributed by atoms with E-state index in [-0.39, 0.29) is 6.10 Å². The molecule has 0 bridgehead atoms. The summed E-state index contributed by atoms with van der Waals surface area (Å²) < 4.78 is 11.7. The summed E-state index contributed by atoms with van der Waals surface area (Å²) in [4.78, 5) is 4.22. The number of benzene rings is 1. The Morgan fingerprint density at radius 1 is 1.17 bits per heavy atom. The van der Waals surface area contributed by atoms with Crippen LogP contribution < -0.4 is 14.8 Å². The van der Waals surface area contributed by atoms with E-state index in [4.69, 9.17) is 9.47 Å². The van der Waals surface area contributed by atoms with E-state index in [1.54, 1.807) is 6.20 Å². The van der Waals surface area contributed by atoms with Gasteiger partial charge in [0, 0.05) is 18.8 Å². The van der Waals surface area contributed by atoms with Gasteiger partial charge in [-0.25, -0.2) is 4.98 Å². The Labute approximate surface area is 137 Å². The van der Waals surface area contributed by atoms with Crippen LogP contribution in [0.25, 0.3) is 0 Å². The molecule has 3 rings (SSSR count). The number of hydrogen-bond acceptors (Lipinski definition) is 4. The Hall–Kier alpha value is -2.07. The van der Waals surface area contributed by atoms with Crippen molar-refractivity contribution in [2.24, 2.45) is 0 Å². The first-order valence-electron chi connectivity index (χ1n) is 8.36. The Kier molecular flexibility index (Phi) is 5.13. The highest BCUT2D eigenvalue weighted by Gasteiger charge is 2.23. The minimum Gasteiger partial charge on any atom is -0.484 e. The van der Waals surface area contributed by atoms with Crippen LogP contribution in [-0.4, -0.2) is 17.6 Å². The standard InChI is InChI=1S/C19H24N2O2/c1-3-16(4-2)21-12-14-7-9-15(10-8-14)18-13-22-17-6-5-11-20-19(17)23-18/h5-11,16,18,21H,3-4,12-13H2,1-2H3/t18-/m1/s1. The van der Waals surface area contributed by atoms with Gasteiger partial charge < -0.3 is 14.8 Å². The van der Waals surface area contributed by atoms with E-state index in [9.17, 15) is 0 Å². The van der Waals surface area contributed by atoms with Gasteiger partial charge in [-0.3, -0.25) is 0 Å². The Morgan fingerprint density at radius 3 is 2.70 bits per heavy atom. The maximum Gasteiger partial charge on any atom is 0.257 e. The molecule has 4 nitrogen and oxygen atoms in total. The first-order valence-corrected chi connectivity index (χ1v) is 8.36. The average Bonchev–Trinajstić information content (AvgIpc) is 2.63. The van der Waals surface area contributed by atoms with Crippen LogP contribution in [0.2, 0.25) is 0 Å². The molecule has 0 fully saturated rings. The van der Waals surface area contributed by atoms with Crippen LogP contribution in [-0.2, 0) is 6.54 Å². The number of nitrogens with zero attached hydrogens (tertiary/aromatic N) is 1. The monoisotopic (exact) mass is 312 g/mol. The number of aromatic nitrogens is 1. The lowest BCUT2D eigenvalue weighted by molar-refractivity contribution is 0.0851. The zero-order valence-electron chi connectivity index (χ0n) is 13.8. The second-order valence-electron chi connectivity index (χ2n) is 5.86. The fraction of sp³-hybridized carbons (Fsp3) is 0.421. The van der Waals surface area contributed by atoms with Crippen molar-refractivity contribution in [3.8, 4) is 11.6 Å². The van der Waals surface area contributed by atoms with Crippen LogP contribution in [0.3, 0.4) is 0 Å². The van der Waals surface area contributed by atoms with E-state index in [0.29, 0.717) is 18.5 Å². The van der Waals surface area contributed by atoms with Crippen molar-refractivity contribution >= 4 is 0 Å². The van der Waals surface area contributed by atoms with Crippen LogP contribution in [0.15, 0.2) is 42.6 Å². The summed E-state index contributed by atoms with van der Waals surface area (Å²) >= 11 is 0. The Balaban J connectivity index is 1.62. The van der Waals surface area contributed by atoms with Crippen molar-refractivity contribution in [3.05, 3.63) is 53.7 Å². The van der Waals surface area contributed by atoms with Gasteiger partial charge in [0.1, 0.15) is 6.61 Å². The molecule has 0 radical (unpaired) electrons. The molecule has 0 aliphatic carbocycles. The van der Waals surface area contributed by atoms with E-state index in [1.165, 1.54) is 5.56 Å². The lowest BCUT2D eigenvalue weighted by atomic mass is 10.1. The third-order valence-corrected chi connectivity index (χ3v) is 4.31. The van der Waals surface area contributed by atoms with Gasteiger partial charge in [-0.15, -0.1) is 0 Å². The molecule has 0 saturated heterocycles. The molecule has 23 heavy (non-hydrogen) atoms. The molecular formula is C19H24N2O2. The molecule has 1 atom stereocenters. The van der Waals surface area contributed by atoms with E-state index in [1.807, 2.05) is 12.1 Å². The minimum absolute atomic E-state index is 0.0987. The molecule has 0 spiro atoms. The maximum absolute atomic E-state index is 5.94. The van der Waals surface area contributed by atoms with Crippen LogP contribution in [0.1, 0.15) is 43.9 Å². The Bertz CT molecular complexity index is 624. The van der Waals surface area contributed by atoms with E-state index in [2.05, 4.69) is 48.4 Å². The van der Waals surface area contributed by atoms with E-state index >= 15 is 0 Å². The van der Waals surface area contributed by atoms with Gasteiger partial charge in [0.15, 0.2) is 11.9 Å². The average molecular weight is 312 g/mol. The summed E-state index contributed by atoms with van der Waals surface area (Å²) in [5, 5.41) is 3.58. The molecule has 1 N–H and O–H groups in total. The fourth-order valence-electron chi connectivity index (χ4n) is 2.76. The van der Waals surface area contributed by atoms with Crippen molar-refractivity contribution in [2.75, 3.05) is 6.61 Å². The number of fused-ring (bicyclic) bond motifs is 1. The van der Waals surface area contributed by atoms with E-state index in [0.717, 1.165) is 30.7 Å². The normalized spacial score (nSPS) is 16.6. The number of hydrogen-bond donors (Lipinski definition) is 1. The molecule has 2 aromatic rings. The first kappa shape index (κ1) is 15.8. The molecule has 122 valence electrons. The predicted octanol–water partition coefficient (Wildman–Crippen LogP) is 3.87. The van der Waals surface area contributed by atoms with Crippen LogP contribution in [0, 0.1) is 0 Å². The quantitative estimate of drug-likeness (QED) is 0.879. The largest absolute Gasteiger partial charge is 0.484 e. The molecule has 1 aliphatic heterocycles. The molecule has 2 heterocycles. The molecular weight excluding hydrogens is 288 g/mol. The highest BCUT2D eigenvalue weighted by Crippen LogP contribution is 2.33. The van der Waals surface area contributed by atoms with Crippen molar-refractivity contribution in [3.63, 3.8) is 0 Å². The van der Waals surface area contributed by atoms with Gasteiger partial charge >= 0.3 is 0 Å². The van der Waals surface area contributed by atoms with Crippen LogP contribution in [0.4, 0.5) is 0 Å². The van der Waals surface area contributed by atoms with Gasteiger partial charge in [0.25, 0.3) is 5.88 Å². The van der Waals surface area contributed by atoms with Gasteiger partial charge in [0.05, 0.1) is 0 Å². The fourth-order valence-corrected chi connectivity index (χ4v) is 2.76. The minimum atomic E-state index is -0.0987. The molecule has 0 unspecified atom stereocenters. The molecule has 1 aromatic carbocycles. The summed E-state index contributed by atoms with van der Waals surface area (Å²) in [7, 11) is 0. The lowest BCUT2D eigenvalue weighted by Gasteiger charge is -2.25. The topological polar surface area (TPSA) is 43.4 Å². The number of nitrogens with one attached hydrogen (secondary N) is 1. The molecule has 0 amide bonds. The van der Waals surface area contributed by atoms with Crippen LogP contribution >= 0.6 is 0 Å². The van der Waals surface area contributed by atoms with Gasteiger partial charge in [-0.1, -0.05) is 38.1 Å². The van der Waals surface area contributed by atoms with Crippen molar-refractivity contribution < 1.29 is 9.47 Å². The lowest BCUT2D eigenvalue weighted by Crippen LogP contribution is -2.27. The van der Waals surface area contributed by atoms with Gasteiger partial charge in [-0.2, -0.15) is 0 Å². The summed E-state index contributed by atoms with van der Waals surface area (Å²) in [5.74, 6) is 1.29.